The van der Waals surface area contributed by atoms with E-state index in [0.29, 0.717) is 23.9 Å². The van der Waals surface area contributed by atoms with Crippen LogP contribution in [0.4, 0.5) is 0 Å². The lowest BCUT2D eigenvalue weighted by Gasteiger charge is -2.23. The largest absolute Gasteiger partial charge is 0.375 e. The summed E-state index contributed by atoms with van der Waals surface area (Å²) in [5.74, 6) is 0. The monoisotopic (exact) mass is 211 g/mol. The van der Waals surface area contributed by atoms with Crippen LogP contribution in [0.2, 0.25) is 5.54 Å². The zero-order chi connectivity index (χ0) is 9.54. The molecule has 3 fully saturated rings. The highest BCUT2D eigenvalue weighted by Crippen LogP contribution is 2.42. The van der Waals surface area contributed by atoms with Gasteiger partial charge in [0.1, 0.15) is 0 Å². The van der Waals surface area contributed by atoms with Gasteiger partial charge in [-0.3, -0.25) is 0 Å². The summed E-state index contributed by atoms with van der Waals surface area (Å²) in [7, 11) is 3.69. The fraction of sp³-hybridized carbons (Fsp3) is 1.00. The van der Waals surface area contributed by atoms with Crippen LogP contribution in [0, 0.1) is 0 Å². The summed E-state index contributed by atoms with van der Waals surface area (Å²) in [5, 5.41) is 0. The lowest BCUT2D eigenvalue weighted by Crippen LogP contribution is -2.30. The van der Waals surface area contributed by atoms with Crippen LogP contribution >= 0.6 is 0 Å². The standard InChI is InChI=1S/C10H15O3Si/c14-9-4-7-3-8(10(9)13-7)11-2-1-6-5-12-6/h6-10H,1-5H2. The molecule has 3 heterocycles. The van der Waals surface area contributed by atoms with Crippen molar-refractivity contribution < 1.29 is 14.2 Å². The lowest BCUT2D eigenvalue weighted by atomic mass is 9.97. The van der Waals surface area contributed by atoms with Crippen LogP contribution in [-0.4, -0.2) is 47.9 Å². The molecule has 3 nitrogen and oxygen atoms in total. The number of ether oxygens (including phenoxy) is 3. The van der Waals surface area contributed by atoms with Crippen molar-refractivity contribution in [2.75, 3.05) is 13.2 Å². The number of fused-ring (bicyclic) bond motifs is 2. The summed E-state index contributed by atoms with van der Waals surface area (Å²) in [4.78, 5) is 0. The Morgan fingerprint density at radius 3 is 2.86 bits per heavy atom. The molecule has 5 unspecified atom stereocenters. The maximum atomic E-state index is 5.82. The van der Waals surface area contributed by atoms with Crippen LogP contribution in [0.1, 0.15) is 19.3 Å². The van der Waals surface area contributed by atoms with E-state index >= 15 is 0 Å². The lowest BCUT2D eigenvalue weighted by molar-refractivity contribution is -0.00289. The smallest absolute Gasteiger partial charge is 0.0861 e. The highest BCUT2D eigenvalue weighted by molar-refractivity contribution is 6.12. The fourth-order valence-corrected chi connectivity index (χ4v) is 2.99. The van der Waals surface area contributed by atoms with Crippen LogP contribution in [0.3, 0.4) is 0 Å². The van der Waals surface area contributed by atoms with Gasteiger partial charge < -0.3 is 14.2 Å². The minimum atomic E-state index is 0.289. The summed E-state index contributed by atoms with van der Waals surface area (Å²) in [6, 6.07) is 0. The van der Waals surface area contributed by atoms with E-state index in [2.05, 4.69) is 10.2 Å². The Bertz CT molecular complexity index is 219. The van der Waals surface area contributed by atoms with Gasteiger partial charge in [0.05, 0.1) is 31.0 Å². The average molecular weight is 211 g/mol. The fourth-order valence-electron chi connectivity index (χ4n) is 2.43. The molecule has 4 heteroatoms. The number of epoxide rings is 1. The molecule has 3 aliphatic heterocycles. The highest BCUT2D eigenvalue weighted by Gasteiger charge is 2.46. The Morgan fingerprint density at radius 1 is 1.36 bits per heavy atom. The second-order valence-electron chi connectivity index (χ2n) is 4.45. The molecule has 3 saturated heterocycles. The summed E-state index contributed by atoms with van der Waals surface area (Å²) >= 11 is 0. The third-order valence-corrected chi connectivity index (χ3v) is 3.86. The van der Waals surface area contributed by atoms with Crippen LogP contribution in [0.25, 0.3) is 0 Å². The van der Waals surface area contributed by atoms with Gasteiger partial charge in [0.25, 0.3) is 0 Å². The van der Waals surface area contributed by atoms with E-state index in [-0.39, 0.29) is 6.10 Å². The zero-order valence-electron chi connectivity index (χ0n) is 8.15. The van der Waals surface area contributed by atoms with E-state index in [1.807, 2.05) is 0 Å². The molecule has 3 radical (unpaired) electrons. The third-order valence-electron chi connectivity index (χ3n) is 3.30. The molecule has 3 aliphatic rings. The first-order valence-corrected chi connectivity index (χ1v) is 6.00. The molecule has 2 bridgehead atoms. The summed E-state index contributed by atoms with van der Waals surface area (Å²) in [6.45, 7) is 1.75. The van der Waals surface area contributed by atoms with Gasteiger partial charge in [-0.05, 0) is 18.4 Å². The van der Waals surface area contributed by atoms with E-state index in [9.17, 15) is 0 Å². The van der Waals surface area contributed by atoms with Gasteiger partial charge in [0.2, 0.25) is 0 Å². The molecule has 0 aromatic carbocycles. The molecule has 0 spiro atoms. The van der Waals surface area contributed by atoms with Crippen molar-refractivity contribution in [2.45, 2.75) is 49.2 Å². The Labute approximate surface area is 87.5 Å². The highest BCUT2D eigenvalue weighted by atomic mass is 28.1. The van der Waals surface area contributed by atoms with Crippen molar-refractivity contribution in [1.82, 2.24) is 0 Å². The molecule has 0 N–H and O–H groups in total. The van der Waals surface area contributed by atoms with Gasteiger partial charge in [-0.15, -0.1) is 0 Å². The Balaban J connectivity index is 1.44. The molecule has 14 heavy (non-hydrogen) atoms. The maximum Gasteiger partial charge on any atom is 0.0861 e. The summed E-state index contributed by atoms with van der Waals surface area (Å²) in [5.41, 5.74) is 0.496. The molecule has 0 aromatic heterocycles. The van der Waals surface area contributed by atoms with Crippen molar-refractivity contribution in [3.05, 3.63) is 0 Å². The molecule has 77 valence electrons. The quantitative estimate of drug-likeness (QED) is 0.506. The first-order chi connectivity index (χ1) is 6.83. The summed E-state index contributed by atoms with van der Waals surface area (Å²) in [6.07, 6.45) is 4.79. The van der Waals surface area contributed by atoms with E-state index in [4.69, 9.17) is 14.2 Å². The zero-order valence-corrected chi connectivity index (χ0v) is 9.15. The molecular weight excluding hydrogens is 196 g/mol. The van der Waals surface area contributed by atoms with Gasteiger partial charge in [-0.25, -0.2) is 0 Å². The molecule has 3 rings (SSSR count). The van der Waals surface area contributed by atoms with Crippen LogP contribution in [-0.2, 0) is 14.2 Å². The molecule has 0 aromatic rings. The van der Waals surface area contributed by atoms with Crippen molar-refractivity contribution in [1.29, 1.82) is 0 Å². The van der Waals surface area contributed by atoms with E-state index in [0.717, 1.165) is 32.5 Å². The van der Waals surface area contributed by atoms with Crippen molar-refractivity contribution in [3.63, 3.8) is 0 Å². The predicted molar refractivity (Wildman–Crippen MR) is 51.5 cm³/mol. The number of rotatable bonds is 4. The second-order valence-corrected chi connectivity index (χ2v) is 5.20. The second kappa shape index (κ2) is 3.59. The van der Waals surface area contributed by atoms with Gasteiger partial charge in [-0.1, -0.05) is 0 Å². The van der Waals surface area contributed by atoms with E-state index in [1.165, 1.54) is 0 Å². The molecule has 0 saturated carbocycles. The number of hydrogen-bond acceptors (Lipinski definition) is 3. The maximum absolute atomic E-state index is 5.82. The van der Waals surface area contributed by atoms with Gasteiger partial charge in [0, 0.05) is 23.3 Å². The molecule has 5 atom stereocenters. The van der Waals surface area contributed by atoms with E-state index < -0.39 is 0 Å². The topological polar surface area (TPSA) is 31.0 Å². The Hall–Kier alpha value is 0.0969. The Morgan fingerprint density at radius 2 is 2.21 bits per heavy atom. The van der Waals surface area contributed by atoms with Crippen molar-refractivity contribution >= 4 is 10.2 Å². The van der Waals surface area contributed by atoms with Crippen LogP contribution in [0.5, 0.6) is 0 Å². The number of hydrogen-bond donors (Lipinski definition) is 0. The molecule has 0 amide bonds. The van der Waals surface area contributed by atoms with Crippen molar-refractivity contribution in [2.24, 2.45) is 0 Å². The predicted octanol–water partition coefficient (Wildman–Crippen LogP) is 0.679. The minimum absolute atomic E-state index is 0.289. The summed E-state index contributed by atoms with van der Waals surface area (Å²) < 4.78 is 16.7. The SMILES string of the molecule is [Si]C1CC2CC(OCCC3CO3)C1O2. The minimum Gasteiger partial charge on any atom is -0.375 e. The van der Waals surface area contributed by atoms with Crippen molar-refractivity contribution in [3.8, 4) is 0 Å². The molecule has 0 aliphatic carbocycles. The van der Waals surface area contributed by atoms with Gasteiger partial charge in [-0.2, -0.15) is 0 Å². The third kappa shape index (κ3) is 1.76. The first-order valence-electron chi connectivity index (χ1n) is 5.42. The van der Waals surface area contributed by atoms with E-state index in [1.54, 1.807) is 0 Å². The normalized spacial score (nSPS) is 49.9. The van der Waals surface area contributed by atoms with Crippen LogP contribution in [0.15, 0.2) is 0 Å². The van der Waals surface area contributed by atoms with Gasteiger partial charge >= 0.3 is 0 Å². The first kappa shape index (κ1) is 9.33. The average Bonchev–Trinajstić information content (AvgIpc) is 2.79. The van der Waals surface area contributed by atoms with Crippen LogP contribution < -0.4 is 0 Å². The Kier molecular flexibility index (Phi) is 2.39. The van der Waals surface area contributed by atoms with Gasteiger partial charge in [0.15, 0.2) is 0 Å². The molecular formula is C10H15O3Si.